The second-order valence-corrected chi connectivity index (χ2v) is 4.92. The number of aryl methyl sites for hydroxylation is 1. The zero-order valence-corrected chi connectivity index (χ0v) is 10.2. The summed E-state index contributed by atoms with van der Waals surface area (Å²) in [5, 5.41) is 2.91. The molecular formula is C13H19N3O. The number of nitrogens with zero attached hydrogens (tertiary/aromatic N) is 1. The summed E-state index contributed by atoms with van der Waals surface area (Å²) in [4.78, 5) is 16.1. The Hall–Kier alpha value is -1.42. The van der Waals surface area contributed by atoms with Gasteiger partial charge in [-0.05, 0) is 43.9 Å². The van der Waals surface area contributed by atoms with E-state index in [2.05, 4.69) is 10.3 Å². The summed E-state index contributed by atoms with van der Waals surface area (Å²) in [6.45, 7) is 2.49. The van der Waals surface area contributed by atoms with Crippen LogP contribution in [0.4, 0.5) is 5.69 Å². The van der Waals surface area contributed by atoms with Gasteiger partial charge in [0, 0.05) is 12.6 Å². The van der Waals surface area contributed by atoms with Gasteiger partial charge in [0.2, 0.25) is 5.91 Å². The molecule has 0 aromatic carbocycles. The molecule has 1 saturated carbocycles. The topological polar surface area (TPSA) is 68.0 Å². The molecule has 0 spiro atoms. The normalized spacial score (nSPS) is 17.3. The van der Waals surface area contributed by atoms with Crippen LogP contribution >= 0.6 is 0 Å². The van der Waals surface area contributed by atoms with Gasteiger partial charge in [0.15, 0.2) is 0 Å². The third kappa shape index (κ3) is 2.64. The van der Waals surface area contributed by atoms with Crippen molar-refractivity contribution in [3.63, 3.8) is 0 Å². The van der Waals surface area contributed by atoms with Crippen LogP contribution in [-0.4, -0.2) is 17.4 Å². The van der Waals surface area contributed by atoms with Gasteiger partial charge in [-0.2, -0.15) is 0 Å². The molecule has 1 aromatic rings. The van der Waals surface area contributed by atoms with Gasteiger partial charge in [0.25, 0.3) is 0 Å². The Labute approximate surface area is 102 Å². The van der Waals surface area contributed by atoms with Crippen molar-refractivity contribution in [2.75, 3.05) is 11.9 Å². The third-order valence-electron chi connectivity index (χ3n) is 3.66. The number of anilines is 1. The average Bonchev–Trinajstić information content (AvgIpc) is 2.27. The zero-order chi connectivity index (χ0) is 12.3. The molecule has 1 aliphatic carbocycles. The lowest BCUT2D eigenvalue weighted by Gasteiger charge is -2.40. The van der Waals surface area contributed by atoms with Gasteiger partial charge in [-0.3, -0.25) is 9.78 Å². The van der Waals surface area contributed by atoms with Crippen LogP contribution in [0.25, 0.3) is 0 Å². The first-order chi connectivity index (χ1) is 8.15. The largest absolute Gasteiger partial charge is 0.330 e. The summed E-state index contributed by atoms with van der Waals surface area (Å²) in [6.07, 6.45) is 5.58. The van der Waals surface area contributed by atoms with E-state index in [-0.39, 0.29) is 11.3 Å². The first kappa shape index (κ1) is 12.0. The first-order valence-electron chi connectivity index (χ1n) is 6.07. The second-order valence-electron chi connectivity index (χ2n) is 4.92. The van der Waals surface area contributed by atoms with Crippen LogP contribution in [0, 0.1) is 12.3 Å². The molecule has 1 heterocycles. The molecule has 0 bridgehead atoms. The van der Waals surface area contributed by atoms with Crippen molar-refractivity contribution in [2.45, 2.75) is 32.6 Å². The lowest BCUT2D eigenvalue weighted by atomic mass is 9.66. The molecule has 3 N–H and O–H groups in total. The molecule has 4 nitrogen and oxygen atoms in total. The van der Waals surface area contributed by atoms with Crippen LogP contribution < -0.4 is 11.1 Å². The Morgan fingerprint density at radius 2 is 2.35 bits per heavy atom. The Morgan fingerprint density at radius 1 is 1.59 bits per heavy atom. The van der Waals surface area contributed by atoms with Gasteiger partial charge >= 0.3 is 0 Å². The number of aromatic nitrogens is 1. The van der Waals surface area contributed by atoms with Crippen molar-refractivity contribution >= 4 is 11.6 Å². The molecule has 0 radical (unpaired) electrons. The van der Waals surface area contributed by atoms with Crippen molar-refractivity contribution in [3.8, 4) is 0 Å². The number of nitrogens with one attached hydrogen (secondary N) is 1. The number of pyridine rings is 1. The maximum Gasteiger partial charge on any atom is 0.225 e. The molecule has 92 valence electrons. The van der Waals surface area contributed by atoms with Gasteiger partial charge in [0.05, 0.1) is 11.4 Å². The fraction of sp³-hybridized carbons (Fsp3) is 0.538. The molecule has 0 unspecified atom stereocenters. The number of rotatable bonds is 4. The quantitative estimate of drug-likeness (QED) is 0.834. The van der Waals surface area contributed by atoms with Crippen LogP contribution in [0.5, 0.6) is 0 Å². The molecule has 4 heteroatoms. The highest BCUT2D eigenvalue weighted by molar-refractivity contribution is 5.91. The van der Waals surface area contributed by atoms with Gasteiger partial charge in [-0.1, -0.05) is 6.42 Å². The molecule has 1 aliphatic rings. The molecule has 1 aromatic heterocycles. The van der Waals surface area contributed by atoms with Gasteiger partial charge < -0.3 is 11.1 Å². The second kappa shape index (κ2) is 4.84. The minimum atomic E-state index is 0.0475. The number of carbonyl (C=O) groups is 1. The van der Waals surface area contributed by atoms with Crippen LogP contribution in [0.1, 0.15) is 31.4 Å². The molecule has 0 atom stereocenters. The van der Waals surface area contributed by atoms with Gasteiger partial charge in [-0.15, -0.1) is 0 Å². The van der Waals surface area contributed by atoms with E-state index in [4.69, 9.17) is 5.73 Å². The van der Waals surface area contributed by atoms with E-state index in [9.17, 15) is 4.79 Å². The maximum absolute atomic E-state index is 11.9. The lowest BCUT2D eigenvalue weighted by molar-refractivity contribution is -0.119. The number of amides is 1. The Balaban J connectivity index is 1.96. The summed E-state index contributed by atoms with van der Waals surface area (Å²) in [5.74, 6) is 0.0475. The molecule has 17 heavy (non-hydrogen) atoms. The van der Waals surface area contributed by atoms with Crippen molar-refractivity contribution in [3.05, 3.63) is 24.0 Å². The molecule has 0 aliphatic heterocycles. The lowest BCUT2D eigenvalue weighted by Crippen LogP contribution is -2.40. The van der Waals surface area contributed by atoms with Crippen molar-refractivity contribution < 1.29 is 4.79 Å². The number of hydrogen-bond donors (Lipinski definition) is 2. The molecule has 1 amide bonds. The highest BCUT2D eigenvalue weighted by Gasteiger charge is 2.37. The minimum Gasteiger partial charge on any atom is -0.330 e. The first-order valence-corrected chi connectivity index (χ1v) is 6.07. The van der Waals surface area contributed by atoms with E-state index in [0.29, 0.717) is 13.0 Å². The van der Waals surface area contributed by atoms with Crippen LogP contribution in [-0.2, 0) is 4.79 Å². The average molecular weight is 233 g/mol. The predicted octanol–water partition coefficient (Wildman–Crippen LogP) is 1.85. The van der Waals surface area contributed by atoms with Crippen molar-refractivity contribution in [1.29, 1.82) is 0 Å². The van der Waals surface area contributed by atoms with Crippen LogP contribution in [0.15, 0.2) is 18.3 Å². The molecular weight excluding hydrogens is 214 g/mol. The fourth-order valence-electron chi connectivity index (χ4n) is 2.28. The summed E-state index contributed by atoms with van der Waals surface area (Å²) in [6, 6.07) is 3.70. The highest BCUT2D eigenvalue weighted by Crippen LogP contribution is 2.43. The maximum atomic E-state index is 11.9. The highest BCUT2D eigenvalue weighted by atomic mass is 16.1. The summed E-state index contributed by atoms with van der Waals surface area (Å²) in [7, 11) is 0. The van der Waals surface area contributed by atoms with E-state index >= 15 is 0 Å². The third-order valence-corrected chi connectivity index (χ3v) is 3.66. The van der Waals surface area contributed by atoms with Gasteiger partial charge in [-0.25, -0.2) is 0 Å². The van der Waals surface area contributed by atoms with E-state index < -0.39 is 0 Å². The van der Waals surface area contributed by atoms with Crippen molar-refractivity contribution in [1.82, 2.24) is 4.98 Å². The molecule has 1 fully saturated rings. The predicted molar refractivity (Wildman–Crippen MR) is 67.6 cm³/mol. The summed E-state index contributed by atoms with van der Waals surface area (Å²) < 4.78 is 0. The summed E-state index contributed by atoms with van der Waals surface area (Å²) >= 11 is 0. The summed E-state index contributed by atoms with van der Waals surface area (Å²) in [5.41, 5.74) is 7.44. The number of carbonyl (C=O) groups excluding carboxylic acids is 1. The van der Waals surface area contributed by atoms with Crippen molar-refractivity contribution in [2.24, 2.45) is 11.1 Å². The van der Waals surface area contributed by atoms with Crippen LogP contribution in [0.3, 0.4) is 0 Å². The Kier molecular flexibility index (Phi) is 3.43. The molecule has 0 saturated heterocycles. The SMILES string of the molecule is Cc1ncccc1NC(=O)CC1(CN)CCC1. The van der Waals surface area contributed by atoms with E-state index in [0.717, 1.165) is 24.2 Å². The zero-order valence-electron chi connectivity index (χ0n) is 10.2. The number of hydrogen-bond acceptors (Lipinski definition) is 3. The van der Waals surface area contributed by atoms with E-state index in [1.807, 2.05) is 19.1 Å². The smallest absolute Gasteiger partial charge is 0.225 e. The number of nitrogens with two attached hydrogens (primary N) is 1. The Bertz CT molecular complexity index is 407. The molecule has 2 rings (SSSR count). The van der Waals surface area contributed by atoms with E-state index in [1.54, 1.807) is 6.20 Å². The monoisotopic (exact) mass is 233 g/mol. The van der Waals surface area contributed by atoms with E-state index in [1.165, 1.54) is 6.42 Å². The fourth-order valence-corrected chi connectivity index (χ4v) is 2.28. The minimum absolute atomic E-state index is 0.0475. The Morgan fingerprint density at radius 3 is 2.88 bits per heavy atom. The van der Waals surface area contributed by atoms with Gasteiger partial charge in [0.1, 0.15) is 0 Å². The van der Waals surface area contributed by atoms with Crippen LogP contribution in [0.2, 0.25) is 0 Å². The standard InChI is InChI=1S/C13H19N3O/c1-10-11(4-2-7-15-10)16-12(17)8-13(9-14)5-3-6-13/h2,4,7H,3,5-6,8-9,14H2,1H3,(H,16,17).